The average molecular weight is 368 g/mol. The zero-order valence-corrected chi connectivity index (χ0v) is 18.2. The minimum absolute atomic E-state index is 0. The molecule has 9 heteroatoms. The molecule has 24 heavy (non-hydrogen) atoms. The SMILES string of the molecule is CCCC(C)C1(CC)C(=O)N=C([O-])NC1=O.CCCCOP=O.[Na+]. The van der Waals surface area contributed by atoms with Crippen LogP contribution in [0.25, 0.3) is 0 Å². The summed E-state index contributed by atoms with van der Waals surface area (Å²) >= 11 is 0. The van der Waals surface area contributed by atoms with E-state index in [9.17, 15) is 19.3 Å². The Morgan fingerprint density at radius 3 is 2.33 bits per heavy atom. The van der Waals surface area contributed by atoms with Crippen molar-refractivity contribution in [2.45, 2.75) is 59.8 Å². The molecule has 1 heterocycles. The van der Waals surface area contributed by atoms with Gasteiger partial charge in [0.15, 0.2) is 0 Å². The van der Waals surface area contributed by atoms with Crippen molar-refractivity contribution >= 4 is 26.5 Å². The maximum atomic E-state index is 11.9. The summed E-state index contributed by atoms with van der Waals surface area (Å²) in [5.41, 5.74) is -1.15. The van der Waals surface area contributed by atoms with Gasteiger partial charge in [-0.05, 0) is 25.2 Å². The molecule has 0 aromatic carbocycles. The Balaban J connectivity index is 0. The molecule has 0 spiro atoms. The fourth-order valence-electron chi connectivity index (χ4n) is 2.55. The van der Waals surface area contributed by atoms with Crippen molar-refractivity contribution in [2.75, 3.05) is 6.61 Å². The van der Waals surface area contributed by atoms with Crippen molar-refractivity contribution in [1.29, 1.82) is 0 Å². The number of aliphatic imine (C=N–C) groups is 1. The zero-order chi connectivity index (χ0) is 17.9. The number of amides is 2. The number of carbonyl (C=O) groups excluding carboxylic acids is 2. The summed E-state index contributed by atoms with van der Waals surface area (Å²) in [5.74, 6) is -1.20. The number of hydrogen-bond acceptors (Lipinski definition) is 5. The van der Waals surface area contributed by atoms with Crippen molar-refractivity contribution in [1.82, 2.24) is 5.32 Å². The number of amidine groups is 1. The smallest absolute Gasteiger partial charge is 0.846 e. The number of hydrogen-bond donors (Lipinski definition) is 1. The van der Waals surface area contributed by atoms with E-state index in [2.05, 4.69) is 21.8 Å². The Morgan fingerprint density at radius 2 is 1.92 bits per heavy atom. The van der Waals surface area contributed by atoms with E-state index < -0.39 is 23.3 Å². The summed E-state index contributed by atoms with van der Waals surface area (Å²) in [6.07, 6.45) is 4.11. The molecule has 1 rings (SSSR count). The molecular weight excluding hydrogens is 342 g/mol. The van der Waals surface area contributed by atoms with Crippen LogP contribution in [-0.2, 0) is 18.7 Å². The summed E-state index contributed by atoms with van der Waals surface area (Å²) in [4.78, 5) is 27.1. The molecule has 0 radical (unpaired) electrons. The van der Waals surface area contributed by atoms with E-state index >= 15 is 0 Å². The summed E-state index contributed by atoms with van der Waals surface area (Å²) in [7, 11) is -0.195. The standard InChI is InChI=1S/C11H18N2O3.C4H9O2P.Na/c1-4-6-7(3)11(5-2)8(14)12-10(16)13-9(11)15;1-2-3-4-6-7-5;/h7H,4-6H2,1-3H3,(H2,12,13,14,15,16);2-4H2,1H3;/q;;+1/p-1. The predicted octanol–water partition coefficient (Wildman–Crippen LogP) is -0.794. The van der Waals surface area contributed by atoms with Crippen LogP contribution in [0.2, 0.25) is 0 Å². The van der Waals surface area contributed by atoms with Crippen LogP contribution in [0.5, 0.6) is 0 Å². The Morgan fingerprint density at radius 1 is 1.29 bits per heavy atom. The fourth-order valence-corrected chi connectivity index (χ4v) is 2.75. The van der Waals surface area contributed by atoms with Crippen LogP contribution in [0.4, 0.5) is 0 Å². The Labute approximate surface area is 167 Å². The van der Waals surface area contributed by atoms with Crippen LogP contribution in [0.3, 0.4) is 0 Å². The van der Waals surface area contributed by atoms with Crippen molar-refractivity contribution in [3.63, 3.8) is 0 Å². The molecule has 1 N–H and O–H groups in total. The Bertz CT molecular complexity index is 448. The summed E-state index contributed by atoms with van der Waals surface area (Å²) in [6.45, 7) is 8.30. The second-order valence-corrected chi connectivity index (χ2v) is 5.86. The van der Waals surface area contributed by atoms with Crippen LogP contribution in [0, 0.1) is 11.3 Å². The molecular formula is C15H26N2NaO5P. The topological polar surface area (TPSA) is 108 Å². The molecule has 7 nitrogen and oxygen atoms in total. The molecule has 0 saturated heterocycles. The quantitative estimate of drug-likeness (QED) is 0.261. The minimum Gasteiger partial charge on any atom is -0.846 e. The Kier molecular flexibility index (Phi) is 15.0. The monoisotopic (exact) mass is 368 g/mol. The van der Waals surface area contributed by atoms with E-state index in [4.69, 9.17) is 0 Å². The average Bonchev–Trinajstić information content (AvgIpc) is 2.49. The zero-order valence-electron chi connectivity index (χ0n) is 15.3. The molecule has 0 aromatic rings. The van der Waals surface area contributed by atoms with Crippen molar-refractivity contribution in [2.24, 2.45) is 16.3 Å². The summed E-state index contributed by atoms with van der Waals surface area (Å²) in [5, 5.41) is 13.1. The first kappa shape index (κ1) is 25.9. The van der Waals surface area contributed by atoms with Crippen LogP contribution >= 0.6 is 8.69 Å². The summed E-state index contributed by atoms with van der Waals surface area (Å²) in [6, 6.07) is -0.845. The summed E-state index contributed by atoms with van der Waals surface area (Å²) < 4.78 is 14.0. The van der Waals surface area contributed by atoms with Gasteiger partial charge >= 0.3 is 38.2 Å². The minimum atomic E-state index is -1.15. The van der Waals surface area contributed by atoms with Crippen LogP contribution in [0.15, 0.2) is 4.99 Å². The normalized spacial score (nSPS) is 21.1. The van der Waals surface area contributed by atoms with Crippen molar-refractivity contribution < 1.29 is 53.3 Å². The molecule has 0 aromatic heterocycles. The van der Waals surface area contributed by atoms with Gasteiger partial charge in [-0.3, -0.25) is 14.1 Å². The first-order chi connectivity index (χ1) is 10.9. The van der Waals surface area contributed by atoms with Gasteiger partial charge in [-0.1, -0.05) is 40.5 Å². The second-order valence-electron chi connectivity index (χ2n) is 5.45. The molecule has 0 saturated carbocycles. The van der Waals surface area contributed by atoms with Crippen molar-refractivity contribution in [3.05, 3.63) is 0 Å². The molecule has 0 fully saturated rings. The molecule has 2 unspecified atom stereocenters. The van der Waals surface area contributed by atoms with Gasteiger partial charge in [0.25, 0.3) is 5.91 Å². The van der Waals surface area contributed by atoms with Gasteiger partial charge in [0.2, 0.25) is 5.91 Å². The van der Waals surface area contributed by atoms with Gasteiger partial charge < -0.3 is 10.4 Å². The first-order valence-corrected chi connectivity index (χ1v) is 8.69. The number of nitrogens with zero attached hydrogens (tertiary/aromatic N) is 1. The van der Waals surface area contributed by atoms with Crippen LogP contribution in [-0.4, -0.2) is 24.4 Å². The largest absolute Gasteiger partial charge is 1.00 e. The third kappa shape index (κ3) is 7.28. The van der Waals surface area contributed by atoms with E-state index in [0.717, 1.165) is 25.7 Å². The van der Waals surface area contributed by atoms with Crippen LogP contribution < -0.4 is 40.0 Å². The molecule has 1 aliphatic rings. The third-order valence-corrected chi connectivity index (χ3v) is 4.26. The molecule has 0 aliphatic carbocycles. The van der Waals surface area contributed by atoms with Gasteiger partial charge in [-0.25, -0.2) is 9.56 Å². The molecule has 132 valence electrons. The van der Waals surface area contributed by atoms with E-state index in [-0.39, 0.29) is 44.2 Å². The predicted molar refractivity (Wildman–Crippen MR) is 85.8 cm³/mol. The first-order valence-electron chi connectivity index (χ1n) is 7.96. The number of unbranched alkanes of at least 4 members (excludes halogenated alkanes) is 1. The van der Waals surface area contributed by atoms with Gasteiger partial charge in [-0.15, -0.1) is 0 Å². The maximum absolute atomic E-state index is 11.9. The van der Waals surface area contributed by atoms with Crippen LogP contribution in [0.1, 0.15) is 59.8 Å². The van der Waals surface area contributed by atoms with Gasteiger partial charge in [0, 0.05) is 0 Å². The number of rotatable bonds is 8. The third-order valence-electron chi connectivity index (χ3n) is 3.97. The van der Waals surface area contributed by atoms with Gasteiger partial charge in [0.05, 0.1) is 12.6 Å². The van der Waals surface area contributed by atoms with Gasteiger partial charge in [-0.2, -0.15) is 0 Å². The number of nitrogens with one attached hydrogen (secondary N) is 1. The number of carbonyl (C=O) groups is 2. The second kappa shape index (κ2) is 13.9. The molecule has 0 bridgehead atoms. The van der Waals surface area contributed by atoms with E-state index in [0.29, 0.717) is 13.0 Å². The Hall–Kier alpha value is -0.330. The molecule has 1 aliphatic heterocycles. The van der Waals surface area contributed by atoms with Crippen molar-refractivity contribution in [3.8, 4) is 0 Å². The maximum Gasteiger partial charge on any atom is 1.00 e. The molecule has 2 atom stereocenters. The van der Waals surface area contributed by atoms with E-state index in [1.807, 2.05) is 13.8 Å². The van der Waals surface area contributed by atoms with Gasteiger partial charge in [0.1, 0.15) is 5.41 Å². The van der Waals surface area contributed by atoms with E-state index in [1.54, 1.807) is 6.92 Å². The fraction of sp³-hybridized carbons (Fsp3) is 0.800. The van der Waals surface area contributed by atoms with E-state index in [1.165, 1.54) is 0 Å². The molecule has 2 amide bonds.